The molecule has 3 aromatic carbocycles. The van der Waals surface area contributed by atoms with Crippen LogP contribution in [0.3, 0.4) is 0 Å². The molecule has 2 saturated heterocycles. The quantitative estimate of drug-likeness (QED) is 0.0544. The number of hydrogen-bond acceptors (Lipinski definition) is 9. The van der Waals surface area contributed by atoms with Crippen LogP contribution in [0, 0.1) is 17.8 Å². The SMILES string of the molecule is CC(C)(C)[Si](OCC1=C([C@H](O)CC/C(=C/c2ccc(CO)o2)c2ccccn2)[C@H](CO)[C@@H]2C(=O)N(C3CCN(Cc4ccccc4)CC3)C(=O)[C@@H]2C1)(c1ccccc1)c1ccccc1. The molecule has 64 heavy (non-hydrogen) atoms. The number of amides is 2. The van der Waals surface area contributed by atoms with Gasteiger partial charge in [-0.15, -0.1) is 0 Å². The van der Waals surface area contributed by atoms with Crippen LogP contribution in [0.2, 0.25) is 5.04 Å². The van der Waals surface area contributed by atoms with E-state index in [1.165, 1.54) is 10.5 Å². The van der Waals surface area contributed by atoms with E-state index in [0.29, 0.717) is 42.0 Å². The highest BCUT2D eigenvalue weighted by molar-refractivity contribution is 6.99. The summed E-state index contributed by atoms with van der Waals surface area (Å²) in [7, 11) is -3.08. The number of carbonyl (C=O) groups excluding carboxylic acids is 2. The van der Waals surface area contributed by atoms with Crippen LogP contribution in [0.15, 0.2) is 143 Å². The van der Waals surface area contributed by atoms with E-state index in [0.717, 1.165) is 41.2 Å². The largest absolute Gasteiger partial charge is 0.459 e. The highest BCUT2D eigenvalue weighted by Gasteiger charge is 2.57. The number of carbonyl (C=O) groups is 2. The van der Waals surface area contributed by atoms with Crippen molar-refractivity contribution < 1.29 is 33.8 Å². The molecular formula is C53H61N3O7Si. The minimum absolute atomic E-state index is 0.123. The molecule has 8 rings (SSSR count). The van der Waals surface area contributed by atoms with Crippen LogP contribution in [0.1, 0.15) is 75.7 Å². The van der Waals surface area contributed by atoms with Crippen molar-refractivity contribution >= 4 is 42.2 Å². The van der Waals surface area contributed by atoms with Gasteiger partial charge in [-0.2, -0.15) is 0 Å². The Morgan fingerprint density at radius 2 is 1.50 bits per heavy atom. The number of aliphatic hydroxyl groups excluding tert-OH is 3. The van der Waals surface area contributed by atoms with Gasteiger partial charge in [-0.1, -0.05) is 118 Å². The summed E-state index contributed by atoms with van der Waals surface area (Å²) in [6.07, 6.45) is 4.74. The van der Waals surface area contributed by atoms with Crippen LogP contribution in [-0.4, -0.2) is 88.7 Å². The van der Waals surface area contributed by atoms with Gasteiger partial charge in [-0.05, 0) is 100 Å². The molecule has 3 N–H and O–H groups in total. The van der Waals surface area contributed by atoms with Crippen molar-refractivity contribution in [1.29, 1.82) is 0 Å². The minimum Gasteiger partial charge on any atom is -0.459 e. The number of aliphatic hydroxyl groups is 3. The van der Waals surface area contributed by atoms with Gasteiger partial charge < -0.3 is 24.2 Å². The van der Waals surface area contributed by atoms with E-state index in [1.54, 1.807) is 18.3 Å². The molecule has 0 unspecified atom stereocenters. The first-order valence-corrected chi connectivity index (χ1v) is 24.6. The van der Waals surface area contributed by atoms with E-state index >= 15 is 0 Å². The van der Waals surface area contributed by atoms with E-state index in [4.69, 9.17) is 8.84 Å². The van der Waals surface area contributed by atoms with Crippen molar-refractivity contribution in [2.75, 3.05) is 26.3 Å². The van der Waals surface area contributed by atoms with Gasteiger partial charge in [-0.3, -0.25) is 24.4 Å². The third-order valence-corrected chi connectivity index (χ3v) is 18.6. The third kappa shape index (κ3) is 9.29. The number of piperidine rings is 1. The van der Waals surface area contributed by atoms with Gasteiger partial charge in [0.15, 0.2) is 0 Å². The molecule has 2 aliphatic heterocycles. The lowest BCUT2D eigenvalue weighted by Gasteiger charge is -2.44. The van der Waals surface area contributed by atoms with Gasteiger partial charge in [0.25, 0.3) is 8.32 Å². The van der Waals surface area contributed by atoms with Gasteiger partial charge in [0.05, 0.1) is 36.8 Å². The molecule has 0 bridgehead atoms. The molecule has 0 radical (unpaired) electrons. The maximum absolute atomic E-state index is 14.8. The van der Waals surface area contributed by atoms with Crippen molar-refractivity contribution in [2.45, 2.75) is 83.2 Å². The second kappa shape index (κ2) is 19.9. The van der Waals surface area contributed by atoms with Gasteiger partial charge in [-0.25, -0.2) is 0 Å². The maximum atomic E-state index is 14.8. The van der Waals surface area contributed by atoms with E-state index in [9.17, 15) is 24.9 Å². The van der Waals surface area contributed by atoms with Crippen molar-refractivity contribution in [1.82, 2.24) is 14.8 Å². The van der Waals surface area contributed by atoms with Crippen LogP contribution < -0.4 is 10.4 Å². The Labute approximate surface area is 378 Å². The third-order valence-electron chi connectivity index (χ3n) is 13.7. The summed E-state index contributed by atoms with van der Waals surface area (Å²) in [6, 6.07) is 40.0. The fourth-order valence-electron chi connectivity index (χ4n) is 10.6. The lowest BCUT2D eigenvalue weighted by Crippen LogP contribution is -2.66. The summed E-state index contributed by atoms with van der Waals surface area (Å²) in [5, 5.41) is 35.5. The molecule has 0 saturated carbocycles. The van der Waals surface area contributed by atoms with Crippen LogP contribution in [0.5, 0.6) is 0 Å². The smallest absolute Gasteiger partial charge is 0.261 e. The molecule has 11 heteroatoms. The van der Waals surface area contributed by atoms with E-state index in [2.05, 4.69) is 67.1 Å². The van der Waals surface area contributed by atoms with Crippen molar-refractivity contribution in [3.63, 3.8) is 0 Å². The summed E-state index contributed by atoms with van der Waals surface area (Å²) in [4.78, 5) is 38.0. The molecule has 334 valence electrons. The molecule has 2 amide bonds. The number of aromatic nitrogens is 1. The number of hydrogen-bond donors (Lipinski definition) is 3. The van der Waals surface area contributed by atoms with Gasteiger partial charge in [0.2, 0.25) is 11.8 Å². The van der Waals surface area contributed by atoms with Crippen LogP contribution in [-0.2, 0) is 27.2 Å². The number of pyridine rings is 1. The molecular weight excluding hydrogens is 819 g/mol. The summed E-state index contributed by atoms with van der Waals surface area (Å²) >= 11 is 0. The number of rotatable bonds is 16. The molecule has 2 fully saturated rings. The number of imide groups is 1. The summed E-state index contributed by atoms with van der Waals surface area (Å²) in [6.45, 7) is 8.48. The number of likely N-dealkylation sites (tertiary alicyclic amines) is 2. The number of allylic oxidation sites excluding steroid dienone is 1. The molecule has 0 spiro atoms. The first-order valence-electron chi connectivity index (χ1n) is 22.7. The van der Waals surface area contributed by atoms with Crippen LogP contribution in [0.4, 0.5) is 0 Å². The first-order chi connectivity index (χ1) is 31.0. The zero-order valence-electron chi connectivity index (χ0n) is 37.2. The topological polar surface area (TPSA) is 137 Å². The zero-order valence-corrected chi connectivity index (χ0v) is 38.2. The average Bonchev–Trinajstić information content (AvgIpc) is 3.88. The second-order valence-electron chi connectivity index (χ2n) is 18.6. The summed E-state index contributed by atoms with van der Waals surface area (Å²) in [5.74, 6) is -1.71. The summed E-state index contributed by atoms with van der Waals surface area (Å²) in [5.41, 5.74) is 4.11. The van der Waals surface area contributed by atoms with E-state index in [-0.39, 0.29) is 48.9 Å². The number of fused-ring (bicyclic) bond motifs is 1. The lowest BCUT2D eigenvalue weighted by atomic mass is 9.68. The molecule has 2 aromatic heterocycles. The van der Waals surface area contributed by atoms with Gasteiger partial charge in [0, 0.05) is 37.8 Å². The van der Waals surface area contributed by atoms with Gasteiger partial charge in [0.1, 0.15) is 18.1 Å². The Morgan fingerprint density at radius 1 is 0.859 bits per heavy atom. The number of nitrogens with zero attached hydrogens (tertiary/aromatic N) is 3. The molecule has 10 nitrogen and oxygen atoms in total. The maximum Gasteiger partial charge on any atom is 0.261 e. The normalized spacial score (nSPS) is 20.8. The molecule has 4 atom stereocenters. The number of benzene rings is 3. The predicted octanol–water partition coefficient (Wildman–Crippen LogP) is 7.00. The molecule has 4 heterocycles. The Balaban J connectivity index is 1.14. The zero-order chi connectivity index (χ0) is 44.8. The highest BCUT2D eigenvalue weighted by atomic mass is 28.4. The minimum atomic E-state index is -3.08. The van der Waals surface area contributed by atoms with Crippen molar-refractivity contribution in [3.8, 4) is 0 Å². The Kier molecular flexibility index (Phi) is 14.1. The Hall–Kier alpha value is -5.27. The van der Waals surface area contributed by atoms with Crippen LogP contribution in [0.25, 0.3) is 11.6 Å². The average molecular weight is 880 g/mol. The van der Waals surface area contributed by atoms with Crippen molar-refractivity contribution in [3.05, 3.63) is 161 Å². The summed E-state index contributed by atoms with van der Waals surface area (Å²) < 4.78 is 13.3. The monoisotopic (exact) mass is 879 g/mol. The molecule has 5 aromatic rings. The lowest BCUT2D eigenvalue weighted by molar-refractivity contribution is -0.144. The van der Waals surface area contributed by atoms with Crippen molar-refractivity contribution in [2.24, 2.45) is 17.8 Å². The predicted molar refractivity (Wildman–Crippen MR) is 251 cm³/mol. The van der Waals surface area contributed by atoms with Crippen LogP contribution >= 0.6 is 0 Å². The Morgan fingerprint density at radius 3 is 2.08 bits per heavy atom. The number of furan rings is 1. The van der Waals surface area contributed by atoms with E-state index < -0.39 is 38.8 Å². The second-order valence-corrected chi connectivity index (χ2v) is 22.9. The standard InChI is InChI=1S/C53H61N3O7Si/c1-53(2,3)64(43-17-9-5-10-18-43,44-19-11-6-12-20-44)62-36-39-32-45-50(52(61)56(51(45)60)40-26-29-55(30-27-40)33-37-15-7-4-8-16-37)46(35-58)49(39)48(59)25-22-38(47-21-13-14-28-54-47)31-41-23-24-42(34-57)63-41/h4-21,23-24,28,31,40,45-46,48,50,57-59H,22,25-27,29-30,32-36H2,1-3H3/b38-31-/t45-,46+,48-,50-/m1/s1. The molecule has 1 aliphatic carbocycles. The fraction of sp³-hybridized carbons (Fsp3) is 0.377. The molecule has 3 aliphatic rings. The van der Waals surface area contributed by atoms with E-state index in [1.807, 2.05) is 78.9 Å². The van der Waals surface area contributed by atoms with Gasteiger partial charge >= 0.3 is 0 Å². The first kappa shape index (κ1) is 45.3. The Bertz CT molecular complexity index is 2370. The fourth-order valence-corrected chi connectivity index (χ4v) is 15.2. The highest BCUT2D eigenvalue weighted by Crippen LogP contribution is 2.48.